The average molecular weight is 395 g/mol. The van der Waals surface area contributed by atoms with Crippen LogP contribution < -0.4 is 10.2 Å². The minimum absolute atomic E-state index is 0.188. The SMILES string of the molecule is CC(C)(O)C(=O)NN=Cc1cccc(OC(=O)c2ccc(Cl)cc2Cl)c1. The van der Waals surface area contributed by atoms with Crippen LogP contribution in [0.4, 0.5) is 0 Å². The number of hydrazone groups is 1. The molecule has 2 N–H and O–H groups in total. The Balaban J connectivity index is 2.07. The van der Waals surface area contributed by atoms with Crippen molar-refractivity contribution in [2.45, 2.75) is 19.4 Å². The Morgan fingerprint density at radius 1 is 1.19 bits per heavy atom. The molecular formula is C18H16Cl2N2O4. The molecule has 0 saturated heterocycles. The molecule has 6 nitrogen and oxygen atoms in total. The van der Waals surface area contributed by atoms with Crippen molar-refractivity contribution < 1.29 is 19.4 Å². The fourth-order valence-electron chi connectivity index (χ4n) is 1.78. The van der Waals surface area contributed by atoms with Crippen molar-refractivity contribution >= 4 is 41.3 Å². The molecule has 2 rings (SSSR count). The van der Waals surface area contributed by atoms with Gasteiger partial charge < -0.3 is 9.84 Å². The highest BCUT2D eigenvalue weighted by Crippen LogP contribution is 2.23. The lowest BCUT2D eigenvalue weighted by molar-refractivity contribution is -0.136. The molecule has 2 aromatic carbocycles. The lowest BCUT2D eigenvalue weighted by atomic mass is 10.1. The van der Waals surface area contributed by atoms with Crippen LogP contribution in [0.3, 0.4) is 0 Å². The molecule has 0 aliphatic carbocycles. The zero-order chi connectivity index (χ0) is 19.3. The number of halogens is 2. The summed E-state index contributed by atoms with van der Waals surface area (Å²) < 4.78 is 5.29. The van der Waals surface area contributed by atoms with Gasteiger partial charge in [0.25, 0.3) is 5.91 Å². The molecule has 0 radical (unpaired) electrons. The van der Waals surface area contributed by atoms with Crippen LogP contribution in [0.1, 0.15) is 29.8 Å². The Bertz CT molecular complexity index is 861. The van der Waals surface area contributed by atoms with Gasteiger partial charge >= 0.3 is 5.97 Å². The fourth-order valence-corrected chi connectivity index (χ4v) is 2.26. The Hall–Kier alpha value is -2.41. The Labute approximate surface area is 160 Å². The number of aliphatic hydroxyl groups is 1. The van der Waals surface area contributed by atoms with Gasteiger partial charge in [0, 0.05) is 5.02 Å². The van der Waals surface area contributed by atoms with Crippen molar-refractivity contribution in [3.05, 3.63) is 63.6 Å². The number of carbonyl (C=O) groups excluding carboxylic acids is 2. The Morgan fingerprint density at radius 2 is 1.92 bits per heavy atom. The number of ether oxygens (including phenoxy) is 1. The van der Waals surface area contributed by atoms with Gasteiger partial charge in [0.1, 0.15) is 11.4 Å². The topological polar surface area (TPSA) is 88.0 Å². The van der Waals surface area contributed by atoms with Crippen LogP contribution in [0.15, 0.2) is 47.6 Å². The number of hydrogen-bond donors (Lipinski definition) is 2. The van der Waals surface area contributed by atoms with Gasteiger partial charge in [-0.2, -0.15) is 5.10 Å². The van der Waals surface area contributed by atoms with E-state index in [1.807, 2.05) is 0 Å². The molecule has 1 amide bonds. The highest BCUT2D eigenvalue weighted by atomic mass is 35.5. The summed E-state index contributed by atoms with van der Waals surface area (Å²) in [4.78, 5) is 23.7. The van der Waals surface area contributed by atoms with Gasteiger partial charge in [-0.3, -0.25) is 4.79 Å². The first-order chi connectivity index (χ1) is 12.2. The number of rotatable bonds is 5. The van der Waals surface area contributed by atoms with E-state index in [-0.39, 0.29) is 16.3 Å². The fraction of sp³-hybridized carbons (Fsp3) is 0.167. The zero-order valence-corrected chi connectivity index (χ0v) is 15.5. The second-order valence-electron chi connectivity index (χ2n) is 5.84. The molecule has 0 saturated carbocycles. The molecule has 0 aliphatic heterocycles. The Kier molecular flexibility index (Phi) is 6.37. The lowest BCUT2D eigenvalue weighted by Crippen LogP contribution is -2.39. The standard InChI is InChI=1S/C18H16Cl2N2O4/c1-18(2,25)17(24)22-21-10-11-4-3-5-13(8-11)26-16(23)14-7-6-12(19)9-15(14)20/h3-10,25H,1-2H3,(H,22,24). The molecule has 0 fully saturated rings. The van der Waals surface area contributed by atoms with Gasteiger partial charge in [0.15, 0.2) is 0 Å². The highest BCUT2D eigenvalue weighted by Gasteiger charge is 2.22. The maximum Gasteiger partial charge on any atom is 0.345 e. The smallest absolute Gasteiger partial charge is 0.345 e. The van der Waals surface area contributed by atoms with Crippen molar-refractivity contribution in [2.75, 3.05) is 0 Å². The van der Waals surface area contributed by atoms with Gasteiger partial charge in [-0.05, 0) is 49.7 Å². The largest absolute Gasteiger partial charge is 0.423 e. The molecule has 8 heteroatoms. The van der Waals surface area contributed by atoms with Gasteiger partial charge in [-0.25, -0.2) is 10.2 Å². The van der Waals surface area contributed by atoms with Crippen molar-refractivity contribution in [1.82, 2.24) is 5.43 Å². The molecule has 0 spiro atoms. The predicted octanol–water partition coefficient (Wildman–Crippen LogP) is 3.43. The second kappa shape index (κ2) is 8.31. The maximum absolute atomic E-state index is 12.2. The third kappa shape index (κ3) is 5.56. The van der Waals surface area contributed by atoms with Crippen molar-refractivity contribution in [3.8, 4) is 5.75 Å². The lowest BCUT2D eigenvalue weighted by Gasteiger charge is -2.13. The molecule has 0 aromatic heterocycles. The van der Waals surface area contributed by atoms with E-state index >= 15 is 0 Å². The third-order valence-corrected chi connectivity index (χ3v) is 3.70. The van der Waals surface area contributed by atoms with Crippen molar-refractivity contribution in [3.63, 3.8) is 0 Å². The predicted molar refractivity (Wildman–Crippen MR) is 99.9 cm³/mol. The number of benzene rings is 2. The molecule has 136 valence electrons. The van der Waals surface area contributed by atoms with Crippen LogP contribution in [0.5, 0.6) is 5.75 Å². The summed E-state index contributed by atoms with van der Waals surface area (Å²) in [5.74, 6) is -0.997. The number of hydrogen-bond acceptors (Lipinski definition) is 5. The van der Waals surface area contributed by atoms with E-state index in [1.54, 1.807) is 30.3 Å². The van der Waals surface area contributed by atoms with Crippen LogP contribution in [0, 0.1) is 0 Å². The number of nitrogens with one attached hydrogen (secondary N) is 1. The number of esters is 1. The molecular weight excluding hydrogens is 379 g/mol. The van der Waals surface area contributed by atoms with Crippen LogP contribution in [0.2, 0.25) is 10.0 Å². The number of carbonyl (C=O) groups is 2. The number of nitrogens with zero attached hydrogens (tertiary/aromatic N) is 1. The summed E-state index contributed by atoms with van der Waals surface area (Å²) in [6.07, 6.45) is 1.36. The van der Waals surface area contributed by atoms with Gasteiger partial charge in [-0.1, -0.05) is 35.3 Å². The minimum atomic E-state index is -1.54. The van der Waals surface area contributed by atoms with E-state index in [0.717, 1.165) is 0 Å². The summed E-state index contributed by atoms with van der Waals surface area (Å²) in [5.41, 5.74) is 1.44. The molecule has 0 heterocycles. The summed E-state index contributed by atoms with van der Waals surface area (Å²) in [7, 11) is 0. The van der Waals surface area contributed by atoms with Crippen molar-refractivity contribution in [2.24, 2.45) is 5.10 Å². The monoisotopic (exact) mass is 394 g/mol. The van der Waals surface area contributed by atoms with Crippen LogP contribution >= 0.6 is 23.2 Å². The second-order valence-corrected chi connectivity index (χ2v) is 6.69. The molecule has 0 bridgehead atoms. The highest BCUT2D eigenvalue weighted by molar-refractivity contribution is 6.36. The normalized spacial score (nSPS) is 11.4. The third-order valence-electron chi connectivity index (χ3n) is 3.16. The van der Waals surface area contributed by atoms with Gasteiger partial charge in [0.05, 0.1) is 16.8 Å². The summed E-state index contributed by atoms with van der Waals surface area (Å²) >= 11 is 11.8. The maximum atomic E-state index is 12.2. The van der Waals surface area contributed by atoms with E-state index in [2.05, 4.69) is 10.5 Å². The van der Waals surface area contributed by atoms with E-state index in [1.165, 1.54) is 32.2 Å². The molecule has 0 aliphatic rings. The Morgan fingerprint density at radius 3 is 2.58 bits per heavy atom. The first-order valence-corrected chi connectivity index (χ1v) is 8.25. The minimum Gasteiger partial charge on any atom is -0.423 e. The number of amides is 1. The van der Waals surface area contributed by atoms with Crippen molar-refractivity contribution in [1.29, 1.82) is 0 Å². The van der Waals surface area contributed by atoms with Gasteiger partial charge in [-0.15, -0.1) is 0 Å². The zero-order valence-electron chi connectivity index (χ0n) is 14.0. The first-order valence-electron chi connectivity index (χ1n) is 7.50. The average Bonchev–Trinajstić information content (AvgIpc) is 2.54. The molecule has 0 atom stereocenters. The van der Waals surface area contributed by atoms with Crippen LogP contribution in [-0.2, 0) is 4.79 Å². The van der Waals surface area contributed by atoms with E-state index in [4.69, 9.17) is 27.9 Å². The van der Waals surface area contributed by atoms with Crippen LogP contribution in [-0.4, -0.2) is 28.8 Å². The molecule has 2 aromatic rings. The van der Waals surface area contributed by atoms with Crippen LogP contribution in [0.25, 0.3) is 0 Å². The first kappa shape index (κ1) is 19.9. The van der Waals surface area contributed by atoms with E-state index < -0.39 is 17.5 Å². The summed E-state index contributed by atoms with van der Waals surface area (Å²) in [6, 6.07) is 11.0. The quantitative estimate of drug-likeness (QED) is 0.351. The summed E-state index contributed by atoms with van der Waals surface area (Å²) in [5, 5.41) is 13.9. The summed E-state index contributed by atoms with van der Waals surface area (Å²) in [6.45, 7) is 2.69. The molecule has 0 unspecified atom stereocenters. The van der Waals surface area contributed by atoms with Gasteiger partial charge in [0.2, 0.25) is 0 Å². The molecule has 26 heavy (non-hydrogen) atoms. The van der Waals surface area contributed by atoms with E-state index in [9.17, 15) is 14.7 Å². The van der Waals surface area contributed by atoms with E-state index in [0.29, 0.717) is 10.6 Å².